The summed E-state index contributed by atoms with van der Waals surface area (Å²) in [4.78, 5) is 18.4. The molecule has 2 rings (SSSR count). The average Bonchev–Trinajstić information content (AvgIpc) is 2.82. The second-order valence-corrected chi connectivity index (χ2v) is 8.70. The second-order valence-electron chi connectivity index (χ2n) is 7.05. The Morgan fingerprint density at radius 3 is 2.62 bits per heavy atom. The number of rotatable bonds is 7. The van der Waals surface area contributed by atoms with Crippen molar-refractivity contribution in [3.05, 3.63) is 29.8 Å². The van der Waals surface area contributed by atoms with Crippen LogP contribution in [0.5, 0.6) is 0 Å². The minimum Gasteiger partial charge on any atom is -0.345 e. The molecule has 1 amide bonds. The first-order chi connectivity index (χ1) is 11.7. The molecule has 0 aromatic heterocycles. The van der Waals surface area contributed by atoms with E-state index in [0.717, 1.165) is 0 Å². The lowest BCUT2D eigenvalue weighted by atomic mass is 9.93. The highest BCUT2D eigenvalue weighted by Gasteiger charge is 2.29. The van der Waals surface area contributed by atoms with Gasteiger partial charge in [0.1, 0.15) is 5.84 Å². The average molecular weight is 403 g/mol. The lowest BCUT2D eigenvalue weighted by Gasteiger charge is -2.29. The summed E-state index contributed by atoms with van der Waals surface area (Å²) < 4.78 is 26.4. The van der Waals surface area contributed by atoms with Crippen LogP contribution in [0.4, 0.5) is 0 Å². The molecule has 146 valence electrons. The lowest BCUT2D eigenvalue weighted by molar-refractivity contribution is -0.131. The van der Waals surface area contributed by atoms with E-state index < -0.39 is 10.0 Å². The van der Waals surface area contributed by atoms with E-state index in [1.165, 1.54) is 0 Å². The number of fused-ring (bicyclic) bond motifs is 1. The number of carbonyl (C=O) groups excluding carboxylic acids is 1. The Balaban J connectivity index is 0.00000338. The summed E-state index contributed by atoms with van der Waals surface area (Å²) in [5.74, 6) is 0.384. The molecule has 1 aromatic rings. The fourth-order valence-corrected chi connectivity index (χ4v) is 3.91. The van der Waals surface area contributed by atoms with Crippen molar-refractivity contribution in [3.63, 3.8) is 0 Å². The van der Waals surface area contributed by atoms with Crippen LogP contribution in [0.15, 0.2) is 34.2 Å². The number of sulfonamides is 1. The van der Waals surface area contributed by atoms with E-state index in [2.05, 4.69) is 9.71 Å². The third-order valence-corrected chi connectivity index (χ3v) is 5.52. The predicted octanol–water partition coefficient (Wildman–Crippen LogP) is 1.37. The van der Waals surface area contributed by atoms with E-state index in [1.54, 1.807) is 36.2 Å². The van der Waals surface area contributed by atoms with Crippen molar-refractivity contribution in [1.29, 1.82) is 0 Å². The van der Waals surface area contributed by atoms with Crippen LogP contribution in [0.1, 0.15) is 32.3 Å². The first kappa shape index (κ1) is 22.4. The Labute approximate surface area is 161 Å². The third kappa shape index (κ3) is 5.43. The van der Waals surface area contributed by atoms with Crippen LogP contribution in [-0.2, 0) is 14.8 Å². The number of hydrogen-bond acceptors (Lipinski definition) is 5. The van der Waals surface area contributed by atoms with E-state index >= 15 is 0 Å². The zero-order valence-corrected chi connectivity index (χ0v) is 17.0. The molecule has 9 heteroatoms. The molecule has 7 nitrogen and oxygen atoms in total. The van der Waals surface area contributed by atoms with Crippen molar-refractivity contribution >= 4 is 34.2 Å². The number of aliphatic imine (C=N–C) groups is 1. The monoisotopic (exact) mass is 402 g/mol. The molecule has 0 fully saturated rings. The quantitative estimate of drug-likeness (QED) is 0.672. The molecule has 0 aliphatic carbocycles. The molecule has 0 spiro atoms. The molecule has 0 radical (unpaired) electrons. The highest BCUT2D eigenvalue weighted by atomic mass is 35.5. The molecule has 1 aromatic carbocycles. The third-order valence-electron chi connectivity index (χ3n) is 4.12. The first-order valence-corrected chi connectivity index (χ1v) is 9.75. The van der Waals surface area contributed by atoms with E-state index in [1.807, 2.05) is 13.8 Å². The molecular formula is C17H27ClN4O3S. The van der Waals surface area contributed by atoms with Crippen LogP contribution >= 0.6 is 12.4 Å². The molecule has 0 bridgehead atoms. The molecule has 1 heterocycles. The number of benzene rings is 1. The molecule has 1 aliphatic rings. The number of nitrogens with two attached hydrogens (primary N) is 1. The number of nitrogens with zero attached hydrogens (tertiary/aromatic N) is 2. The van der Waals surface area contributed by atoms with Crippen LogP contribution in [0.2, 0.25) is 0 Å². The first-order valence-electron chi connectivity index (χ1n) is 8.27. The normalized spacial score (nSPS) is 16.5. The summed E-state index contributed by atoms with van der Waals surface area (Å²) in [6, 6.07) is 6.73. The van der Waals surface area contributed by atoms with Gasteiger partial charge < -0.3 is 10.6 Å². The van der Waals surface area contributed by atoms with Gasteiger partial charge in [-0.2, -0.15) is 0 Å². The van der Waals surface area contributed by atoms with Gasteiger partial charge in [-0.1, -0.05) is 26.0 Å². The van der Waals surface area contributed by atoms with Gasteiger partial charge in [0, 0.05) is 32.1 Å². The van der Waals surface area contributed by atoms with Gasteiger partial charge in [0.15, 0.2) is 0 Å². The topological polar surface area (TPSA) is 105 Å². The standard InChI is InChI=1S/C17H26N4O3S.ClH/c1-17(2,11-18)12-21(3)15(22)9-6-10-19-16-13-7-4-5-8-14(13)25(23,24)20-16;/h4-5,7-8H,6,9-12,18H2,1-3H3,(H,19,20);1H. The smallest absolute Gasteiger partial charge is 0.263 e. The number of nitrogens with one attached hydrogen (secondary N) is 1. The molecule has 1 aliphatic heterocycles. The summed E-state index contributed by atoms with van der Waals surface area (Å²) in [7, 11) is -1.74. The second kappa shape index (κ2) is 8.83. The summed E-state index contributed by atoms with van der Waals surface area (Å²) in [6.45, 7) is 5.53. The van der Waals surface area contributed by atoms with Crippen molar-refractivity contribution in [2.75, 3.05) is 26.7 Å². The van der Waals surface area contributed by atoms with E-state index in [9.17, 15) is 13.2 Å². The van der Waals surface area contributed by atoms with Gasteiger partial charge in [0.25, 0.3) is 10.0 Å². The molecule has 0 unspecified atom stereocenters. The van der Waals surface area contributed by atoms with Crippen molar-refractivity contribution in [1.82, 2.24) is 9.62 Å². The molecular weight excluding hydrogens is 376 g/mol. The van der Waals surface area contributed by atoms with Crippen LogP contribution < -0.4 is 10.5 Å². The highest BCUT2D eigenvalue weighted by Crippen LogP contribution is 2.22. The van der Waals surface area contributed by atoms with E-state index in [0.29, 0.717) is 43.9 Å². The van der Waals surface area contributed by atoms with Crippen molar-refractivity contribution < 1.29 is 13.2 Å². The van der Waals surface area contributed by atoms with Gasteiger partial charge in [0.2, 0.25) is 5.91 Å². The Kier molecular flexibility index (Phi) is 7.61. The van der Waals surface area contributed by atoms with Crippen LogP contribution in [0.3, 0.4) is 0 Å². The van der Waals surface area contributed by atoms with Crippen LogP contribution in [-0.4, -0.2) is 51.7 Å². The zero-order valence-electron chi connectivity index (χ0n) is 15.4. The largest absolute Gasteiger partial charge is 0.345 e. The maximum Gasteiger partial charge on any atom is 0.263 e. The fraction of sp³-hybridized carbons (Fsp3) is 0.529. The van der Waals surface area contributed by atoms with Gasteiger partial charge in [-0.15, -0.1) is 12.4 Å². The predicted molar refractivity (Wildman–Crippen MR) is 105 cm³/mol. The van der Waals surface area contributed by atoms with E-state index in [4.69, 9.17) is 5.73 Å². The van der Waals surface area contributed by atoms with Crippen LogP contribution in [0, 0.1) is 5.41 Å². The van der Waals surface area contributed by atoms with Gasteiger partial charge in [-0.05, 0) is 30.5 Å². The van der Waals surface area contributed by atoms with Gasteiger partial charge in [0.05, 0.1) is 4.90 Å². The molecule has 0 saturated heterocycles. The minimum absolute atomic E-state index is 0. The Bertz CT molecular complexity index is 778. The number of amidine groups is 1. The number of amides is 1. The minimum atomic E-state index is -3.51. The van der Waals surface area contributed by atoms with Gasteiger partial charge in [-0.25, -0.2) is 8.42 Å². The van der Waals surface area contributed by atoms with E-state index in [-0.39, 0.29) is 28.6 Å². The van der Waals surface area contributed by atoms with Crippen LogP contribution in [0.25, 0.3) is 0 Å². The summed E-state index contributed by atoms with van der Waals surface area (Å²) in [5.41, 5.74) is 6.16. The van der Waals surface area contributed by atoms with Gasteiger partial charge in [-0.3, -0.25) is 14.5 Å². The highest BCUT2D eigenvalue weighted by molar-refractivity contribution is 7.90. The summed E-state index contributed by atoms with van der Waals surface area (Å²) in [6.07, 6.45) is 0.919. The molecule has 26 heavy (non-hydrogen) atoms. The fourth-order valence-electron chi connectivity index (χ4n) is 2.66. The SMILES string of the molecule is CN(CC(C)(C)CN)C(=O)CCCN=C1NS(=O)(=O)c2ccccc21.Cl. The maximum atomic E-state index is 12.2. The van der Waals surface area contributed by atoms with Crippen molar-refractivity contribution in [2.24, 2.45) is 16.1 Å². The van der Waals surface area contributed by atoms with Crippen molar-refractivity contribution in [3.8, 4) is 0 Å². The number of carbonyl (C=O) groups is 1. The maximum absolute atomic E-state index is 12.2. The van der Waals surface area contributed by atoms with Crippen molar-refractivity contribution in [2.45, 2.75) is 31.6 Å². The number of hydrogen-bond donors (Lipinski definition) is 2. The Hall–Kier alpha value is -1.64. The molecule has 3 N–H and O–H groups in total. The van der Waals surface area contributed by atoms with Gasteiger partial charge >= 0.3 is 0 Å². The molecule has 0 atom stereocenters. The molecule has 0 saturated carbocycles. The number of halogens is 1. The Morgan fingerprint density at radius 2 is 1.96 bits per heavy atom. The lowest BCUT2D eigenvalue weighted by Crippen LogP contribution is -2.39. The summed E-state index contributed by atoms with van der Waals surface area (Å²) >= 11 is 0. The summed E-state index contributed by atoms with van der Waals surface area (Å²) in [5, 5.41) is 0. The Morgan fingerprint density at radius 1 is 1.31 bits per heavy atom. The zero-order chi connectivity index (χ0) is 18.7.